The summed E-state index contributed by atoms with van der Waals surface area (Å²) in [5, 5.41) is 17.8. The molecule has 0 amide bonds. The third-order valence-electron chi connectivity index (χ3n) is 2.07. The summed E-state index contributed by atoms with van der Waals surface area (Å²) < 4.78 is 4.50. The maximum Gasteiger partial charge on any atom is 0.305 e. The van der Waals surface area contributed by atoms with Gasteiger partial charge in [-0.2, -0.15) is 0 Å². The second-order valence-corrected chi connectivity index (χ2v) is 3.35. The molecule has 0 saturated carbocycles. The molecule has 0 aliphatic rings. The maximum atomic E-state index is 10.7. The summed E-state index contributed by atoms with van der Waals surface area (Å²) in [6, 6.07) is 0. The number of aliphatic hydroxyl groups excluding tert-OH is 2. The third kappa shape index (κ3) is 9.43. The standard InChI is InChI=1S/C11H20O4/c1-15-11(14)8-4-2-3-6-10(13)7-5-9-12/h5,7,10,12-13H,2-4,6,8-9H2,1H3/b7-5-. The Morgan fingerprint density at radius 3 is 2.73 bits per heavy atom. The van der Waals surface area contributed by atoms with Crippen LogP contribution in [0.4, 0.5) is 0 Å². The average Bonchev–Trinajstić information content (AvgIpc) is 2.25. The fraction of sp³-hybridized carbons (Fsp3) is 0.727. The van der Waals surface area contributed by atoms with Crippen molar-refractivity contribution < 1.29 is 19.7 Å². The van der Waals surface area contributed by atoms with Crippen LogP contribution in [0, 0.1) is 0 Å². The van der Waals surface area contributed by atoms with Crippen molar-refractivity contribution in [3.05, 3.63) is 12.2 Å². The lowest BCUT2D eigenvalue weighted by atomic mass is 10.1. The summed E-state index contributed by atoms with van der Waals surface area (Å²) in [6.45, 7) is -0.0423. The lowest BCUT2D eigenvalue weighted by molar-refractivity contribution is -0.140. The van der Waals surface area contributed by atoms with Crippen LogP contribution in [-0.2, 0) is 9.53 Å². The fourth-order valence-electron chi connectivity index (χ4n) is 1.22. The van der Waals surface area contributed by atoms with E-state index in [1.807, 2.05) is 0 Å². The fourth-order valence-corrected chi connectivity index (χ4v) is 1.22. The number of rotatable bonds is 8. The Kier molecular flexibility index (Phi) is 9.11. The molecule has 0 aromatic rings. The van der Waals surface area contributed by atoms with Crippen LogP contribution in [0.2, 0.25) is 0 Å². The lowest BCUT2D eigenvalue weighted by Gasteiger charge is -2.04. The van der Waals surface area contributed by atoms with E-state index < -0.39 is 6.10 Å². The van der Waals surface area contributed by atoms with Crippen molar-refractivity contribution in [3.63, 3.8) is 0 Å². The van der Waals surface area contributed by atoms with Gasteiger partial charge in [-0.3, -0.25) is 4.79 Å². The summed E-state index contributed by atoms with van der Waals surface area (Å²) in [4.78, 5) is 10.7. The number of ether oxygens (including phenoxy) is 1. The highest BCUT2D eigenvalue weighted by atomic mass is 16.5. The minimum absolute atomic E-state index is 0.0423. The van der Waals surface area contributed by atoms with Gasteiger partial charge in [-0.05, 0) is 12.8 Å². The van der Waals surface area contributed by atoms with E-state index in [4.69, 9.17) is 5.11 Å². The molecule has 1 unspecified atom stereocenters. The zero-order valence-corrected chi connectivity index (χ0v) is 9.19. The topological polar surface area (TPSA) is 66.8 Å². The quantitative estimate of drug-likeness (QED) is 0.361. The summed E-state index contributed by atoms with van der Waals surface area (Å²) >= 11 is 0. The van der Waals surface area contributed by atoms with Crippen molar-refractivity contribution in [3.8, 4) is 0 Å². The van der Waals surface area contributed by atoms with E-state index in [1.165, 1.54) is 13.2 Å². The highest BCUT2D eigenvalue weighted by Crippen LogP contribution is 2.07. The lowest BCUT2D eigenvalue weighted by Crippen LogP contribution is -2.03. The Hall–Kier alpha value is -0.870. The molecular formula is C11H20O4. The predicted molar refractivity (Wildman–Crippen MR) is 57.3 cm³/mol. The van der Waals surface area contributed by atoms with Gasteiger partial charge < -0.3 is 14.9 Å². The number of methoxy groups -OCH3 is 1. The second-order valence-electron chi connectivity index (χ2n) is 3.35. The first-order valence-corrected chi connectivity index (χ1v) is 5.23. The van der Waals surface area contributed by atoms with Gasteiger partial charge in [0.1, 0.15) is 0 Å². The van der Waals surface area contributed by atoms with Crippen LogP contribution in [0.3, 0.4) is 0 Å². The van der Waals surface area contributed by atoms with Crippen molar-refractivity contribution in [1.82, 2.24) is 0 Å². The van der Waals surface area contributed by atoms with Crippen LogP contribution in [0.5, 0.6) is 0 Å². The molecule has 88 valence electrons. The van der Waals surface area contributed by atoms with Crippen molar-refractivity contribution in [2.24, 2.45) is 0 Å². The molecule has 0 saturated heterocycles. The second kappa shape index (κ2) is 9.68. The van der Waals surface area contributed by atoms with E-state index in [2.05, 4.69) is 4.74 Å². The number of unbranched alkanes of at least 4 members (excludes halogenated alkanes) is 2. The first kappa shape index (κ1) is 14.1. The molecule has 0 heterocycles. The normalized spacial score (nSPS) is 13.0. The molecule has 0 aliphatic carbocycles. The van der Waals surface area contributed by atoms with Crippen LogP contribution in [0.15, 0.2) is 12.2 Å². The number of carbonyl (C=O) groups is 1. The highest BCUT2D eigenvalue weighted by molar-refractivity contribution is 5.68. The van der Waals surface area contributed by atoms with Gasteiger partial charge in [0, 0.05) is 6.42 Å². The number of esters is 1. The summed E-state index contributed by atoms with van der Waals surface area (Å²) in [5.41, 5.74) is 0. The van der Waals surface area contributed by atoms with Gasteiger partial charge in [-0.25, -0.2) is 0 Å². The van der Waals surface area contributed by atoms with Gasteiger partial charge in [0.2, 0.25) is 0 Å². The highest BCUT2D eigenvalue weighted by Gasteiger charge is 2.01. The molecule has 0 aliphatic heterocycles. The van der Waals surface area contributed by atoms with Crippen molar-refractivity contribution in [2.75, 3.05) is 13.7 Å². The van der Waals surface area contributed by atoms with E-state index in [9.17, 15) is 9.90 Å². The van der Waals surface area contributed by atoms with Crippen LogP contribution in [0.1, 0.15) is 32.1 Å². The van der Waals surface area contributed by atoms with E-state index in [0.29, 0.717) is 12.8 Å². The van der Waals surface area contributed by atoms with Gasteiger partial charge >= 0.3 is 5.97 Å². The maximum absolute atomic E-state index is 10.7. The smallest absolute Gasteiger partial charge is 0.305 e. The zero-order valence-electron chi connectivity index (χ0n) is 9.19. The van der Waals surface area contributed by atoms with E-state index in [-0.39, 0.29) is 12.6 Å². The van der Waals surface area contributed by atoms with Crippen LogP contribution >= 0.6 is 0 Å². The van der Waals surface area contributed by atoms with E-state index in [1.54, 1.807) is 6.08 Å². The molecule has 4 nitrogen and oxygen atoms in total. The monoisotopic (exact) mass is 216 g/mol. The van der Waals surface area contributed by atoms with Gasteiger partial charge in [0.15, 0.2) is 0 Å². The predicted octanol–water partition coefficient (Wildman–Crippen LogP) is 1.02. The van der Waals surface area contributed by atoms with E-state index in [0.717, 1.165) is 19.3 Å². The van der Waals surface area contributed by atoms with Crippen LogP contribution in [-0.4, -0.2) is 36.0 Å². The Bertz CT molecular complexity index is 189. The van der Waals surface area contributed by atoms with Gasteiger partial charge in [0.05, 0.1) is 19.8 Å². The molecule has 0 aromatic carbocycles. The van der Waals surface area contributed by atoms with Crippen molar-refractivity contribution in [2.45, 2.75) is 38.2 Å². The van der Waals surface area contributed by atoms with E-state index >= 15 is 0 Å². The number of hydrogen-bond acceptors (Lipinski definition) is 4. The Morgan fingerprint density at radius 1 is 1.40 bits per heavy atom. The van der Waals surface area contributed by atoms with Gasteiger partial charge in [-0.15, -0.1) is 0 Å². The van der Waals surface area contributed by atoms with Crippen molar-refractivity contribution >= 4 is 5.97 Å². The minimum atomic E-state index is -0.490. The first-order chi connectivity index (χ1) is 7.20. The Morgan fingerprint density at radius 2 is 2.13 bits per heavy atom. The van der Waals surface area contributed by atoms with Crippen molar-refractivity contribution in [1.29, 1.82) is 0 Å². The van der Waals surface area contributed by atoms with Crippen LogP contribution < -0.4 is 0 Å². The molecule has 2 N–H and O–H groups in total. The largest absolute Gasteiger partial charge is 0.469 e. The van der Waals surface area contributed by atoms with Crippen LogP contribution in [0.25, 0.3) is 0 Å². The molecule has 0 radical (unpaired) electrons. The molecule has 0 bridgehead atoms. The Labute approximate surface area is 90.6 Å². The van der Waals surface area contributed by atoms with Gasteiger partial charge in [0.25, 0.3) is 0 Å². The molecule has 15 heavy (non-hydrogen) atoms. The Balaban J connectivity index is 3.30. The number of aliphatic hydroxyl groups is 2. The zero-order chi connectivity index (χ0) is 11.5. The number of carbonyl (C=O) groups excluding carboxylic acids is 1. The summed E-state index contributed by atoms with van der Waals surface area (Å²) in [6.07, 6.45) is 6.29. The molecule has 0 spiro atoms. The SMILES string of the molecule is COC(=O)CCCCCC(O)/C=C\CO. The minimum Gasteiger partial charge on any atom is -0.469 e. The molecule has 1 atom stereocenters. The summed E-state index contributed by atoms with van der Waals surface area (Å²) in [7, 11) is 1.38. The number of hydrogen-bond donors (Lipinski definition) is 2. The molecule has 0 aromatic heterocycles. The summed E-state index contributed by atoms with van der Waals surface area (Å²) in [5.74, 6) is -0.185. The molecular weight excluding hydrogens is 196 g/mol. The third-order valence-corrected chi connectivity index (χ3v) is 2.07. The first-order valence-electron chi connectivity index (χ1n) is 5.23. The average molecular weight is 216 g/mol. The molecule has 0 rings (SSSR count). The molecule has 0 fully saturated rings. The van der Waals surface area contributed by atoms with Gasteiger partial charge in [-0.1, -0.05) is 25.0 Å². The molecule has 4 heteroatoms.